The number of fused-ring (bicyclic) bond motifs is 1. The van der Waals surface area contributed by atoms with Crippen molar-refractivity contribution in [1.29, 1.82) is 0 Å². The van der Waals surface area contributed by atoms with Crippen LogP contribution in [-0.2, 0) is 16.6 Å². The van der Waals surface area contributed by atoms with Crippen molar-refractivity contribution in [3.05, 3.63) is 47.0 Å². The number of anilines is 1. The summed E-state index contributed by atoms with van der Waals surface area (Å²) in [4.78, 5) is 0. The van der Waals surface area contributed by atoms with Crippen LogP contribution in [0.25, 0.3) is 0 Å². The summed E-state index contributed by atoms with van der Waals surface area (Å²) >= 11 is 0. The van der Waals surface area contributed by atoms with Crippen LogP contribution in [0.4, 0.5) is 5.69 Å². The number of nitrogens with one attached hydrogen (secondary N) is 2. The molecule has 3 rings (SSSR count). The topological polar surface area (TPSA) is 85.9 Å². The lowest BCUT2D eigenvalue weighted by molar-refractivity contribution is 0.354. The molecule has 1 heterocycles. The Morgan fingerprint density at radius 2 is 1.67 bits per heavy atom. The van der Waals surface area contributed by atoms with E-state index in [0.29, 0.717) is 29.5 Å². The normalized spacial score (nSPS) is 16.4. The van der Waals surface area contributed by atoms with Crippen molar-refractivity contribution >= 4 is 15.7 Å². The van der Waals surface area contributed by atoms with Crippen molar-refractivity contribution in [2.45, 2.75) is 12.5 Å². The van der Waals surface area contributed by atoms with Gasteiger partial charge in [0, 0.05) is 19.0 Å². The summed E-state index contributed by atoms with van der Waals surface area (Å²) in [7, 11) is 1.29. The average molecular weight is 392 g/mol. The Bertz CT molecular complexity index is 943. The maximum absolute atomic E-state index is 11.8. The minimum atomic E-state index is -3.44. The molecule has 7 nitrogen and oxygen atoms in total. The van der Waals surface area contributed by atoms with Gasteiger partial charge in [0.15, 0.2) is 11.5 Å². The first-order valence-corrected chi connectivity index (χ1v) is 10.4. The molecule has 0 aromatic heterocycles. The Balaban J connectivity index is 2.11. The van der Waals surface area contributed by atoms with Gasteiger partial charge >= 0.3 is 0 Å². The van der Waals surface area contributed by atoms with E-state index >= 15 is 0 Å². The third-order valence-electron chi connectivity index (χ3n) is 4.65. The number of hydrogen-bond acceptors (Lipinski definition) is 6. The molecule has 0 aliphatic carbocycles. The molecule has 1 unspecified atom stereocenters. The zero-order valence-corrected chi connectivity index (χ0v) is 16.6. The number of benzene rings is 2. The van der Waals surface area contributed by atoms with Gasteiger partial charge in [0.25, 0.3) is 0 Å². The van der Waals surface area contributed by atoms with Gasteiger partial charge in [0.2, 0.25) is 10.0 Å². The summed E-state index contributed by atoms with van der Waals surface area (Å²) in [5.74, 6) is 1.86. The number of sulfonamides is 1. The Morgan fingerprint density at radius 1 is 1.00 bits per heavy atom. The summed E-state index contributed by atoms with van der Waals surface area (Å²) in [6.45, 7) is 1.28. The van der Waals surface area contributed by atoms with Crippen LogP contribution >= 0.6 is 0 Å². The van der Waals surface area contributed by atoms with Crippen LogP contribution in [-0.4, -0.2) is 42.5 Å². The molecule has 2 aromatic carbocycles. The smallest absolute Gasteiger partial charge is 0.229 e. The van der Waals surface area contributed by atoms with Crippen molar-refractivity contribution in [3.63, 3.8) is 0 Å². The molecule has 2 N–H and O–H groups in total. The summed E-state index contributed by atoms with van der Waals surface area (Å²) in [5, 5.41) is 3.37. The van der Waals surface area contributed by atoms with Crippen molar-refractivity contribution in [3.8, 4) is 17.2 Å². The predicted octanol–water partition coefficient (Wildman–Crippen LogP) is 2.32. The molecular weight excluding hydrogens is 368 g/mol. The molecule has 2 aromatic rings. The van der Waals surface area contributed by atoms with E-state index in [4.69, 9.17) is 14.2 Å². The van der Waals surface area contributed by atoms with E-state index in [1.807, 2.05) is 24.3 Å². The predicted molar refractivity (Wildman–Crippen MR) is 105 cm³/mol. The zero-order valence-electron chi connectivity index (χ0n) is 15.8. The Morgan fingerprint density at radius 3 is 2.30 bits per heavy atom. The lowest BCUT2D eigenvalue weighted by atomic mass is 9.84. The third kappa shape index (κ3) is 3.96. The highest BCUT2D eigenvalue weighted by molar-refractivity contribution is 7.92. The standard InChI is InChI=1S/C19H24N2O5S/c1-24-16-7-5-12(9-18(16)26-3)14-10-20-11-15-13(14)6-8-17(25-2)19(15)21-27(4,22)23/h5-9,14,20-21H,10-11H2,1-4H3. The van der Waals surface area contributed by atoms with Gasteiger partial charge < -0.3 is 19.5 Å². The van der Waals surface area contributed by atoms with E-state index in [1.165, 1.54) is 7.11 Å². The van der Waals surface area contributed by atoms with Crippen molar-refractivity contribution in [2.75, 3.05) is 38.9 Å². The molecule has 0 saturated carbocycles. The molecule has 8 heteroatoms. The van der Waals surface area contributed by atoms with Crippen LogP contribution in [0, 0.1) is 0 Å². The first kappa shape index (κ1) is 19.3. The summed E-state index contributed by atoms with van der Waals surface area (Å²) in [5.41, 5.74) is 3.46. The van der Waals surface area contributed by atoms with E-state index < -0.39 is 10.0 Å². The molecule has 0 amide bonds. The highest BCUT2D eigenvalue weighted by Gasteiger charge is 2.27. The molecule has 1 aliphatic heterocycles. The van der Waals surface area contributed by atoms with E-state index in [9.17, 15) is 8.42 Å². The highest BCUT2D eigenvalue weighted by Crippen LogP contribution is 2.41. The first-order chi connectivity index (χ1) is 12.9. The van der Waals surface area contributed by atoms with E-state index in [2.05, 4.69) is 10.0 Å². The van der Waals surface area contributed by atoms with Crippen LogP contribution in [0.15, 0.2) is 30.3 Å². The van der Waals surface area contributed by atoms with Crippen molar-refractivity contribution in [1.82, 2.24) is 5.32 Å². The van der Waals surface area contributed by atoms with Crippen LogP contribution in [0.2, 0.25) is 0 Å². The summed E-state index contributed by atoms with van der Waals surface area (Å²) < 4.78 is 42.4. The van der Waals surface area contributed by atoms with Crippen molar-refractivity contribution < 1.29 is 22.6 Å². The zero-order chi connectivity index (χ0) is 19.6. The Labute approximate surface area is 159 Å². The Hall–Kier alpha value is -2.45. The number of rotatable bonds is 6. The second-order valence-corrected chi connectivity index (χ2v) is 8.13. The molecule has 0 saturated heterocycles. The number of methoxy groups -OCH3 is 3. The SMILES string of the molecule is COc1ccc(C2CNCc3c2ccc(OC)c3NS(C)(=O)=O)cc1OC. The molecule has 146 valence electrons. The minimum Gasteiger partial charge on any atom is -0.495 e. The van der Waals surface area contributed by atoms with E-state index in [0.717, 1.165) is 29.5 Å². The number of hydrogen-bond donors (Lipinski definition) is 2. The van der Waals surface area contributed by atoms with Crippen LogP contribution < -0.4 is 24.2 Å². The van der Waals surface area contributed by atoms with Gasteiger partial charge in [-0.2, -0.15) is 0 Å². The average Bonchev–Trinajstić information content (AvgIpc) is 2.66. The summed E-state index contributed by atoms with van der Waals surface area (Å²) in [6, 6.07) is 9.61. The Kier molecular flexibility index (Phi) is 5.48. The first-order valence-electron chi connectivity index (χ1n) is 8.48. The second kappa shape index (κ2) is 7.66. The fraction of sp³-hybridized carbons (Fsp3) is 0.368. The molecule has 0 radical (unpaired) electrons. The van der Waals surface area contributed by atoms with Crippen LogP contribution in [0.3, 0.4) is 0 Å². The molecular formula is C19H24N2O5S. The van der Waals surface area contributed by atoms with Crippen LogP contribution in [0.1, 0.15) is 22.6 Å². The van der Waals surface area contributed by atoms with Gasteiger partial charge in [0.1, 0.15) is 5.75 Å². The van der Waals surface area contributed by atoms with Crippen LogP contribution in [0.5, 0.6) is 17.2 Å². The molecule has 1 atom stereocenters. The second-order valence-electron chi connectivity index (χ2n) is 6.38. The van der Waals surface area contributed by atoms with Crippen molar-refractivity contribution in [2.24, 2.45) is 0 Å². The van der Waals surface area contributed by atoms with Gasteiger partial charge in [-0.05, 0) is 34.9 Å². The molecule has 0 spiro atoms. The van der Waals surface area contributed by atoms with Gasteiger partial charge in [-0.3, -0.25) is 4.72 Å². The third-order valence-corrected chi connectivity index (χ3v) is 5.23. The molecule has 0 fully saturated rings. The quantitative estimate of drug-likeness (QED) is 0.785. The van der Waals surface area contributed by atoms with Gasteiger partial charge in [-0.25, -0.2) is 8.42 Å². The number of ether oxygens (including phenoxy) is 3. The highest BCUT2D eigenvalue weighted by atomic mass is 32.2. The lowest BCUT2D eigenvalue weighted by Gasteiger charge is -2.30. The van der Waals surface area contributed by atoms with Gasteiger partial charge in [-0.1, -0.05) is 12.1 Å². The minimum absolute atomic E-state index is 0.0413. The fourth-order valence-electron chi connectivity index (χ4n) is 3.45. The van der Waals surface area contributed by atoms with E-state index in [-0.39, 0.29) is 5.92 Å². The maximum Gasteiger partial charge on any atom is 0.229 e. The largest absolute Gasteiger partial charge is 0.495 e. The van der Waals surface area contributed by atoms with E-state index in [1.54, 1.807) is 20.3 Å². The maximum atomic E-state index is 11.8. The van der Waals surface area contributed by atoms with Gasteiger partial charge in [0.05, 0.1) is 33.3 Å². The molecule has 0 bridgehead atoms. The van der Waals surface area contributed by atoms with Gasteiger partial charge in [-0.15, -0.1) is 0 Å². The summed E-state index contributed by atoms with van der Waals surface area (Å²) in [6.07, 6.45) is 1.13. The monoisotopic (exact) mass is 392 g/mol. The lowest BCUT2D eigenvalue weighted by Crippen LogP contribution is -2.30. The fourth-order valence-corrected chi connectivity index (χ4v) is 4.04. The molecule has 1 aliphatic rings. The molecule has 27 heavy (non-hydrogen) atoms.